The van der Waals surface area contributed by atoms with E-state index in [4.69, 9.17) is 13.9 Å². The van der Waals surface area contributed by atoms with E-state index in [2.05, 4.69) is 0 Å². The second kappa shape index (κ2) is 5.57. The highest BCUT2D eigenvalue weighted by Gasteiger charge is 2.16. The summed E-state index contributed by atoms with van der Waals surface area (Å²) in [4.78, 5) is 12.3. The molecule has 0 bridgehead atoms. The number of hydrogen-bond acceptors (Lipinski definition) is 6. The molecule has 0 atom stereocenters. The van der Waals surface area contributed by atoms with Crippen LogP contribution in [0.4, 0.5) is 0 Å². The predicted molar refractivity (Wildman–Crippen MR) is 84.4 cm³/mol. The Morgan fingerprint density at radius 1 is 0.957 bits per heavy atom. The van der Waals surface area contributed by atoms with Gasteiger partial charge < -0.3 is 24.1 Å². The number of ether oxygens (including phenoxy) is 2. The lowest BCUT2D eigenvalue weighted by atomic mass is 10.1. The van der Waals surface area contributed by atoms with Crippen molar-refractivity contribution in [2.24, 2.45) is 0 Å². The van der Waals surface area contributed by atoms with Crippen LogP contribution in [0.15, 0.2) is 45.6 Å². The summed E-state index contributed by atoms with van der Waals surface area (Å²) in [5, 5.41) is 19.4. The maximum atomic E-state index is 12.3. The van der Waals surface area contributed by atoms with Crippen LogP contribution in [0.3, 0.4) is 0 Å². The molecule has 2 N–H and O–H groups in total. The Bertz CT molecular complexity index is 942. The molecule has 6 heteroatoms. The molecule has 0 aliphatic heterocycles. The van der Waals surface area contributed by atoms with E-state index in [1.54, 1.807) is 12.1 Å². The fraction of sp³-hybridized carbons (Fsp3) is 0.118. The highest BCUT2D eigenvalue weighted by atomic mass is 16.5. The maximum absolute atomic E-state index is 12.3. The average Bonchev–Trinajstić information content (AvgIpc) is 2.56. The van der Waals surface area contributed by atoms with Gasteiger partial charge in [0.1, 0.15) is 5.76 Å². The Labute approximate surface area is 131 Å². The van der Waals surface area contributed by atoms with Crippen molar-refractivity contribution in [1.29, 1.82) is 0 Å². The SMILES string of the molecule is COc1ccc2c(=O)cc(-c3ccc(O)c(O)c3)oc2c1OC. The van der Waals surface area contributed by atoms with E-state index < -0.39 is 0 Å². The van der Waals surface area contributed by atoms with Crippen LogP contribution in [0.25, 0.3) is 22.3 Å². The number of aromatic hydroxyl groups is 2. The number of rotatable bonds is 3. The fourth-order valence-corrected chi connectivity index (χ4v) is 2.35. The molecule has 1 aromatic heterocycles. The highest BCUT2D eigenvalue weighted by molar-refractivity contribution is 5.86. The van der Waals surface area contributed by atoms with E-state index >= 15 is 0 Å². The number of phenols is 2. The largest absolute Gasteiger partial charge is 0.504 e. The summed E-state index contributed by atoms with van der Waals surface area (Å²) in [6.07, 6.45) is 0. The Balaban J connectivity index is 2.31. The molecule has 0 aliphatic rings. The van der Waals surface area contributed by atoms with E-state index in [1.807, 2.05) is 0 Å². The molecular weight excluding hydrogens is 300 g/mol. The van der Waals surface area contributed by atoms with Crippen molar-refractivity contribution in [2.45, 2.75) is 0 Å². The molecule has 0 spiro atoms. The third kappa shape index (κ3) is 2.44. The molecule has 0 aliphatic carbocycles. The van der Waals surface area contributed by atoms with Gasteiger partial charge in [-0.05, 0) is 30.3 Å². The summed E-state index contributed by atoms with van der Waals surface area (Å²) < 4.78 is 16.3. The first kappa shape index (κ1) is 14.8. The lowest BCUT2D eigenvalue weighted by molar-refractivity contribution is 0.353. The second-order valence-electron chi connectivity index (χ2n) is 4.86. The van der Waals surface area contributed by atoms with Crippen LogP contribution < -0.4 is 14.9 Å². The molecule has 2 aromatic carbocycles. The quantitative estimate of drug-likeness (QED) is 0.723. The minimum Gasteiger partial charge on any atom is -0.504 e. The zero-order valence-electron chi connectivity index (χ0n) is 12.5. The summed E-state index contributed by atoms with van der Waals surface area (Å²) in [5.41, 5.74) is 0.445. The second-order valence-corrected chi connectivity index (χ2v) is 4.86. The summed E-state index contributed by atoms with van der Waals surface area (Å²) in [5.74, 6) is 0.434. The van der Waals surface area contributed by atoms with Crippen molar-refractivity contribution in [2.75, 3.05) is 14.2 Å². The van der Waals surface area contributed by atoms with Gasteiger partial charge in [0.25, 0.3) is 0 Å². The minimum atomic E-state index is -0.303. The van der Waals surface area contributed by atoms with Crippen LogP contribution in [-0.4, -0.2) is 24.4 Å². The number of phenolic OH excluding ortho intramolecular Hbond substituents is 2. The van der Waals surface area contributed by atoms with Gasteiger partial charge in [0.15, 0.2) is 28.3 Å². The first-order chi connectivity index (χ1) is 11.0. The Morgan fingerprint density at radius 2 is 1.74 bits per heavy atom. The summed E-state index contributed by atoms with van der Waals surface area (Å²) in [6.45, 7) is 0. The molecule has 3 rings (SSSR count). The third-order valence-electron chi connectivity index (χ3n) is 3.50. The Kier molecular flexibility index (Phi) is 3.57. The molecule has 6 nitrogen and oxygen atoms in total. The first-order valence-corrected chi connectivity index (χ1v) is 6.76. The zero-order valence-corrected chi connectivity index (χ0v) is 12.5. The zero-order chi connectivity index (χ0) is 16.6. The molecule has 0 saturated heterocycles. The molecule has 0 radical (unpaired) electrons. The van der Waals surface area contributed by atoms with Gasteiger partial charge in [0.2, 0.25) is 5.75 Å². The van der Waals surface area contributed by atoms with Crippen LogP contribution in [0.5, 0.6) is 23.0 Å². The summed E-state index contributed by atoms with van der Waals surface area (Å²) >= 11 is 0. The third-order valence-corrected chi connectivity index (χ3v) is 3.50. The van der Waals surface area contributed by atoms with Gasteiger partial charge in [0.05, 0.1) is 19.6 Å². The van der Waals surface area contributed by atoms with Crippen molar-refractivity contribution < 1.29 is 24.1 Å². The van der Waals surface area contributed by atoms with Gasteiger partial charge in [-0.15, -0.1) is 0 Å². The number of hydrogen-bond donors (Lipinski definition) is 2. The molecule has 0 unspecified atom stereocenters. The van der Waals surface area contributed by atoms with Gasteiger partial charge >= 0.3 is 0 Å². The molecule has 1 heterocycles. The van der Waals surface area contributed by atoms with Crippen molar-refractivity contribution in [3.63, 3.8) is 0 Å². The Hall–Kier alpha value is -3.15. The van der Waals surface area contributed by atoms with Crippen LogP contribution in [0.1, 0.15) is 0 Å². The van der Waals surface area contributed by atoms with Gasteiger partial charge in [-0.2, -0.15) is 0 Å². The van der Waals surface area contributed by atoms with E-state index in [0.717, 1.165) is 0 Å². The first-order valence-electron chi connectivity index (χ1n) is 6.76. The van der Waals surface area contributed by atoms with Crippen LogP contribution >= 0.6 is 0 Å². The van der Waals surface area contributed by atoms with Gasteiger partial charge in [0, 0.05) is 11.6 Å². The minimum absolute atomic E-state index is 0.240. The lowest BCUT2D eigenvalue weighted by Crippen LogP contribution is -2.02. The van der Waals surface area contributed by atoms with E-state index in [9.17, 15) is 15.0 Å². The van der Waals surface area contributed by atoms with Gasteiger partial charge in [-0.3, -0.25) is 4.79 Å². The van der Waals surface area contributed by atoms with E-state index in [0.29, 0.717) is 22.4 Å². The highest BCUT2D eigenvalue weighted by Crippen LogP contribution is 2.37. The monoisotopic (exact) mass is 314 g/mol. The normalized spacial score (nSPS) is 10.7. The average molecular weight is 314 g/mol. The van der Waals surface area contributed by atoms with Gasteiger partial charge in [-0.25, -0.2) is 0 Å². The topological polar surface area (TPSA) is 89.1 Å². The van der Waals surface area contributed by atoms with Crippen molar-refractivity contribution in [3.8, 4) is 34.3 Å². The molecular formula is C17H14O6. The van der Waals surface area contributed by atoms with Crippen molar-refractivity contribution in [1.82, 2.24) is 0 Å². The maximum Gasteiger partial charge on any atom is 0.204 e. The molecule has 0 fully saturated rings. The molecule has 0 amide bonds. The smallest absolute Gasteiger partial charge is 0.204 e. The predicted octanol–water partition coefficient (Wildman–Crippen LogP) is 2.89. The van der Waals surface area contributed by atoms with Crippen molar-refractivity contribution >= 4 is 11.0 Å². The molecule has 23 heavy (non-hydrogen) atoms. The summed E-state index contributed by atoms with van der Waals surface area (Å²) in [7, 11) is 2.94. The van der Waals surface area contributed by atoms with Crippen LogP contribution in [0.2, 0.25) is 0 Å². The van der Waals surface area contributed by atoms with Gasteiger partial charge in [-0.1, -0.05) is 0 Å². The number of methoxy groups -OCH3 is 2. The van der Waals surface area contributed by atoms with Crippen LogP contribution in [-0.2, 0) is 0 Å². The lowest BCUT2D eigenvalue weighted by Gasteiger charge is -2.11. The summed E-state index contributed by atoms with van der Waals surface area (Å²) in [6, 6.07) is 8.71. The molecule has 3 aromatic rings. The standard InChI is InChI=1S/C17H14O6/c1-21-14-6-4-10-12(19)8-15(23-16(10)17(14)22-2)9-3-5-11(18)13(20)7-9/h3-8,18,20H,1-2H3. The van der Waals surface area contributed by atoms with E-state index in [1.165, 1.54) is 38.5 Å². The number of fused-ring (bicyclic) bond motifs is 1. The van der Waals surface area contributed by atoms with Crippen LogP contribution in [0, 0.1) is 0 Å². The van der Waals surface area contributed by atoms with Crippen molar-refractivity contribution in [3.05, 3.63) is 46.6 Å². The van der Waals surface area contributed by atoms with E-state index in [-0.39, 0.29) is 28.3 Å². The molecule has 118 valence electrons. The molecule has 0 saturated carbocycles. The number of benzene rings is 2. The fourth-order valence-electron chi connectivity index (χ4n) is 2.35. The Morgan fingerprint density at radius 3 is 2.39 bits per heavy atom.